The molecule has 0 amide bonds. The molecule has 0 spiro atoms. The fourth-order valence-electron chi connectivity index (χ4n) is 2.07. The van der Waals surface area contributed by atoms with Gasteiger partial charge < -0.3 is 9.79 Å². The molecule has 0 aliphatic heterocycles. The summed E-state index contributed by atoms with van der Waals surface area (Å²) in [6, 6.07) is 18.7. The van der Waals surface area contributed by atoms with Crippen molar-refractivity contribution in [2.75, 3.05) is 27.2 Å². The van der Waals surface area contributed by atoms with Gasteiger partial charge in [-0.2, -0.15) is 0 Å². The first kappa shape index (κ1) is 17.9. The number of hydrogen-bond acceptors (Lipinski definition) is 4. The molecule has 0 aliphatic rings. The van der Waals surface area contributed by atoms with E-state index in [4.69, 9.17) is 9.05 Å². The summed E-state index contributed by atoms with van der Waals surface area (Å²) in [5.41, 5.74) is 1.59. The first-order chi connectivity index (χ1) is 11.0. The molecule has 1 N–H and O–H groups in total. The second kappa shape index (κ2) is 8.39. The van der Waals surface area contributed by atoms with Crippen LogP contribution in [0.2, 0.25) is 0 Å². The fourth-order valence-corrected chi connectivity index (χ4v) is 2.96. The number of benzene rings is 2. The minimum Gasteiger partial charge on any atom is -0.307 e. The van der Waals surface area contributed by atoms with Gasteiger partial charge in [0.15, 0.2) is 0 Å². The summed E-state index contributed by atoms with van der Waals surface area (Å²) in [5.74, 6) is 0. The van der Waals surface area contributed by atoms with Gasteiger partial charge in [0.05, 0.1) is 6.61 Å². The summed E-state index contributed by atoms with van der Waals surface area (Å²) in [6.45, 7) is 0.659. The SMILES string of the molecule is CN(C)CCOP(=O)(O)OC(c1ccccc1)c1ccccc1. The van der Waals surface area contributed by atoms with Crippen LogP contribution in [0.4, 0.5) is 0 Å². The molecule has 2 aromatic carbocycles. The molecule has 0 heterocycles. The predicted octanol–water partition coefficient (Wildman–Crippen LogP) is 3.47. The Labute approximate surface area is 137 Å². The highest BCUT2D eigenvalue weighted by molar-refractivity contribution is 7.47. The van der Waals surface area contributed by atoms with Gasteiger partial charge in [0, 0.05) is 6.54 Å². The average molecular weight is 335 g/mol. The Morgan fingerprint density at radius 1 is 1.00 bits per heavy atom. The lowest BCUT2D eigenvalue weighted by Gasteiger charge is -2.22. The van der Waals surface area contributed by atoms with Crippen LogP contribution in [-0.4, -0.2) is 37.0 Å². The summed E-state index contributed by atoms with van der Waals surface area (Å²) in [6.07, 6.45) is -0.660. The van der Waals surface area contributed by atoms with Crippen molar-refractivity contribution in [1.29, 1.82) is 0 Å². The lowest BCUT2D eigenvalue weighted by molar-refractivity contribution is 0.115. The monoisotopic (exact) mass is 335 g/mol. The van der Waals surface area contributed by atoms with Crippen LogP contribution in [0.3, 0.4) is 0 Å². The van der Waals surface area contributed by atoms with Crippen molar-refractivity contribution < 1.29 is 18.5 Å². The number of hydrogen-bond donors (Lipinski definition) is 1. The third kappa shape index (κ3) is 5.90. The molecule has 0 radical (unpaired) electrons. The van der Waals surface area contributed by atoms with E-state index in [1.165, 1.54) is 0 Å². The Kier molecular flexibility index (Phi) is 6.51. The second-order valence-electron chi connectivity index (χ2n) is 5.41. The fraction of sp³-hybridized carbons (Fsp3) is 0.294. The van der Waals surface area contributed by atoms with E-state index in [-0.39, 0.29) is 6.61 Å². The van der Waals surface area contributed by atoms with Crippen LogP contribution >= 0.6 is 7.82 Å². The molecule has 2 rings (SSSR count). The zero-order chi connectivity index (χ0) is 16.7. The van der Waals surface area contributed by atoms with E-state index in [9.17, 15) is 9.46 Å². The predicted molar refractivity (Wildman–Crippen MR) is 90.1 cm³/mol. The molecule has 0 saturated heterocycles. The number of rotatable bonds is 8. The standard InChI is InChI=1S/C17H22NO4P/c1-18(2)13-14-21-23(19,20)22-17(15-9-5-3-6-10-15)16-11-7-4-8-12-16/h3-12,17H,13-14H2,1-2H3,(H,19,20). The van der Waals surface area contributed by atoms with Gasteiger partial charge in [-0.1, -0.05) is 60.7 Å². The van der Waals surface area contributed by atoms with Crippen LogP contribution in [0, 0.1) is 0 Å². The van der Waals surface area contributed by atoms with Gasteiger partial charge in [-0.05, 0) is 25.2 Å². The van der Waals surface area contributed by atoms with E-state index < -0.39 is 13.9 Å². The van der Waals surface area contributed by atoms with Crippen molar-refractivity contribution in [1.82, 2.24) is 4.90 Å². The molecular weight excluding hydrogens is 313 g/mol. The van der Waals surface area contributed by atoms with E-state index in [0.29, 0.717) is 6.54 Å². The molecule has 124 valence electrons. The van der Waals surface area contributed by atoms with Crippen molar-refractivity contribution in [3.05, 3.63) is 71.8 Å². The molecular formula is C17H22NO4P. The van der Waals surface area contributed by atoms with E-state index in [0.717, 1.165) is 11.1 Å². The van der Waals surface area contributed by atoms with Gasteiger partial charge in [0.2, 0.25) is 0 Å². The number of nitrogens with zero attached hydrogens (tertiary/aromatic N) is 1. The van der Waals surface area contributed by atoms with E-state index >= 15 is 0 Å². The normalized spacial score (nSPS) is 14.1. The van der Waals surface area contributed by atoms with Gasteiger partial charge >= 0.3 is 7.82 Å². The smallest absolute Gasteiger partial charge is 0.307 e. The van der Waals surface area contributed by atoms with Crippen LogP contribution in [0.1, 0.15) is 17.2 Å². The summed E-state index contributed by atoms with van der Waals surface area (Å²) in [4.78, 5) is 11.9. The summed E-state index contributed by atoms with van der Waals surface area (Å²) < 4.78 is 22.8. The van der Waals surface area contributed by atoms with Crippen LogP contribution in [0.25, 0.3) is 0 Å². The largest absolute Gasteiger partial charge is 0.473 e. The number of likely N-dealkylation sites (N-methyl/N-ethyl adjacent to an activating group) is 1. The maximum atomic E-state index is 12.2. The molecule has 0 saturated carbocycles. The molecule has 5 nitrogen and oxygen atoms in total. The van der Waals surface area contributed by atoms with Crippen molar-refractivity contribution in [2.45, 2.75) is 6.10 Å². The lowest BCUT2D eigenvalue weighted by atomic mass is 10.0. The number of phosphoric ester groups is 1. The van der Waals surface area contributed by atoms with Crippen molar-refractivity contribution in [3.63, 3.8) is 0 Å². The minimum absolute atomic E-state index is 0.122. The summed E-state index contributed by atoms with van der Waals surface area (Å²) in [7, 11) is -0.434. The van der Waals surface area contributed by atoms with Crippen molar-refractivity contribution in [2.24, 2.45) is 0 Å². The van der Waals surface area contributed by atoms with E-state index in [1.807, 2.05) is 79.7 Å². The summed E-state index contributed by atoms with van der Waals surface area (Å²) >= 11 is 0. The molecule has 2 aromatic rings. The Hall–Kier alpha value is -1.49. The molecule has 1 atom stereocenters. The topological polar surface area (TPSA) is 59.0 Å². The molecule has 6 heteroatoms. The summed E-state index contributed by atoms with van der Waals surface area (Å²) in [5, 5.41) is 0. The van der Waals surface area contributed by atoms with Crippen LogP contribution < -0.4 is 0 Å². The molecule has 1 unspecified atom stereocenters. The van der Waals surface area contributed by atoms with Gasteiger partial charge in [0.1, 0.15) is 6.10 Å². The zero-order valence-corrected chi connectivity index (χ0v) is 14.2. The quantitative estimate of drug-likeness (QED) is 0.749. The third-order valence-electron chi connectivity index (χ3n) is 3.24. The Morgan fingerprint density at radius 2 is 1.48 bits per heavy atom. The average Bonchev–Trinajstić information content (AvgIpc) is 2.54. The maximum Gasteiger partial charge on any atom is 0.473 e. The molecule has 0 bridgehead atoms. The first-order valence-corrected chi connectivity index (χ1v) is 8.88. The van der Waals surface area contributed by atoms with Gasteiger partial charge in [-0.3, -0.25) is 9.05 Å². The highest BCUT2D eigenvalue weighted by atomic mass is 31.2. The molecule has 0 aromatic heterocycles. The highest BCUT2D eigenvalue weighted by Crippen LogP contribution is 2.49. The van der Waals surface area contributed by atoms with Crippen molar-refractivity contribution in [3.8, 4) is 0 Å². The lowest BCUT2D eigenvalue weighted by Crippen LogP contribution is -2.18. The van der Waals surface area contributed by atoms with Crippen LogP contribution in [0.15, 0.2) is 60.7 Å². The zero-order valence-electron chi connectivity index (χ0n) is 13.3. The van der Waals surface area contributed by atoms with Gasteiger partial charge in [-0.25, -0.2) is 4.57 Å². The highest BCUT2D eigenvalue weighted by Gasteiger charge is 2.28. The molecule has 0 aliphatic carbocycles. The Morgan fingerprint density at radius 3 is 1.91 bits per heavy atom. The Bertz CT molecular complexity index is 594. The maximum absolute atomic E-state index is 12.2. The van der Waals surface area contributed by atoms with Crippen molar-refractivity contribution >= 4 is 7.82 Å². The van der Waals surface area contributed by atoms with Crippen LogP contribution in [-0.2, 0) is 13.6 Å². The van der Waals surface area contributed by atoms with Gasteiger partial charge in [-0.15, -0.1) is 0 Å². The third-order valence-corrected chi connectivity index (χ3v) is 4.22. The van der Waals surface area contributed by atoms with Gasteiger partial charge in [0.25, 0.3) is 0 Å². The second-order valence-corrected chi connectivity index (χ2v) is 6.82. The Balaban J connectivity index is 2.17. The molecule has 23 heavy (non-hydrogen) atoms. The van der Waals surface area contributed by atoms with E-state index in [1.54, 1.807) is 0 Å². The van der Waals surface area contributed by atoms with Crippen LogP contribution in [0.5, 0.6) is 0 Å². The van der Waals surface area contributed by atoms with E-state index in [2.05, 4.69) is 0 Å². The molecule has 0 fully saturated rings. The minimum atomic E-state index is -4.16. The first-order valence-electron chi connectivity index (χ1n) is 7.38. The number of phosphoric acid groups is 1.